The SMILES string of the molecule is CCCC(NC)c1ccc(CC(C)C)cc1. The van der Waals surface area contributed by atoms with Gasteiger partial charge in [-0.1, -0.05) is 51.5 Å². The Morgan fingerprint density at radius 2 is 1.75 bits per heavy atom. The third-order valence-corrected chi connectivity index (χ3v) is 2.95. The molecule has 1 atom stereocenters. The summed E-state index contributed by atoms with van der Waals surface area (Å²) in [6, 6.07) is 9.60. The lowest BCUT2D eigenvalue weighted by Crippen LogP contribution is -2.15. The van der Waals surface area contributed by atoms with Crippen LogP contribution in [0.5, 0.6) is 0 Å². The Morgan fingerprint density at radius 1 is 1.12 bits per heavy atom. The minimum Gasteiger partial charge on any atom is -0.313 e. The molecular weight excluding hydrogens is 194 g/mol. The van der Waals surface area contributed by atoms with E-state index in [1.54, 1.807) is 0 Å². The van der Waals surface area contributed by atoms with Gasteiger partial charge in [-0.2, -0.15) is 0 Å². The smallest absolute Gasteiger partial charge is 0.0317 e. The molecule has 0 bridgehead atoms. The molecule has 1 aromatic rings. The highest BCUT2D eigenvalue weighted by Gasteiger charge is 2.07. The van der Waals surface area contributed by atoms with E-state index in [2.05, 4.69) is 50.4 Å². The lowest BCUT2D eigenvalue weighted by atomic mass is 9.98. The summed E-state index contributed by atoms with van der Waals surface area (Å²) in [5.41, 5.74) is 2.86. The standard InChI is InChI=1S/C15H25N/c1-5-6-15(16-4)14-9-7-13(8-10-14)11-12(2)3/h7-10,12,15-16H,5-6,11H2,1-4H3. The van der Waals surface area contributed by atoms with Gasteiger partial charge in [0.05, 0.1) is 0 Å². The molecule has 0 radical (unpaired) electrons. The fraction of sp³-hybridized carbons (Fsp3) is 0.600. The van der Waals surface area contributed by atoms with E-state index in [4.69, 9.17) is 0 Å². The van der Waals surface area contributed by atoms with Crippen LogP contribution in [0.4, 0.5) is 0 Å². The van der Waals surface area contributed by atoms with Crippen LogP contribution in [-0.2, 0) is 6.42 Å². The van der Waals surface area contributed by atoms with Crippen LogP contribution in [0.3, 0.4) is 0 Å². The molecule has 0 aliphatic rings. The molecule has 0 aromatic heterocycles. The van der Waals surface area contributed by atoms with E-state index in [1.807, 2.05) is 7.05 Å². The number of benzene rings is 1. The van der Waals surface area contributed by atoms with Crippen LogP contribution in [0, 0.1) is 5.92 Å². The summed E-state index contributed by atoms with van der Waals surface area (Å²) in [7, 11) is 2.04. The van der Waals surface area contributed by atoms with Gasteiger partial charge < -0.3 is 5.32 Å². The zero-order valence-electron chi connectivity index (χ0n) is 11.1. The third kappa shape index (κ3) is 3.97. The first kappa shape index (κ1) is 13.2. The third-order valence-electron chi connectivity index (χ3n) is 2.95. The first-order valence-corrected chi connectivity index (χ1v) is 6.43. The van der Waals surface area contributed by atoms with Crippen LogP contribution >= 0.6 is 0 Å². The fourth-order valence-corrected chi connectivity index (χ4v) is 2.12. The van der Waals surface area contributed by atoms with E-state index in [0.29, 0.717) is 6.04 Å². The normalized spacial score (nSPS) is 13.1. The Balaban J connectivity index is 2.69. The molecule has 0 saturated heterocycles. The van der Waals surface area contributed by atoms with Gasteiger partial charge in [-0.3, -0.25) is 0 Å². The molecular formula is C15H25N. The summed E-state index contributed by atoms with van der Waals surface area (Å²) in [6.45, 7) is 6.76. The van der Waals surface area contributed by atoms with E-state index in [9.17, 15) is 0 Å². The summed E-state index contributed by atoms with van der Waals surface area (Å²) in [4.78, 5) is 0. The van der Waals surface area contributed by atoms with Gasteiger partial charge in [0.1, 0.15) is 0 Å². The molecule has 0 amide bonds. The van der Waals surface area contributed by atoms with E-state index >= 15 is 0 Å². The summed E-state index contributed by atoms with van der Waals surface area (Å²) in [5, 5.41) is 3.38. The Labute approximate surface area is 100 Å². The second-order valence-corrected chi connectivity index (χ2v) is 4.97. The van der Waals surface area contributed by atoms with Crippen molar-refractivity contribution in [1.82, 2.24) is 5.32 Å². The first-order valence-electron chi connectivity index (χ1n) is 6.43. The second-order valence-electron chi connectivity index (χ2n) is 4.97. The first-order chi connectivity index (χ1) is 7.67. The Morgan fingerprint density at radius 3 is 2.19 bits per heavy atom. The average molecular weight is 219 g/mol. The second kappa shape index (κ2) is 6.70. The number of nitrogens with one attached hydrogen (secondary N) is 1. The molecule has 1 aromatic carbocycles. The predicted molar refractivity (Wildman–Crippen MR) is 71.7 cm³/mol. The molecule has 1 rings (SSSR count). The van der Waals surface area contributed by atoms with E-state index in [0.717, 1.165) is 5.92 Å². The molecule has 0 saturated carbocycles. The summed E-state index contributed by atoms with van der Waals surface area (Å²) in [6.07, 6.45) is 3.61. The van der Waals surface area contributed by atoms with Crippen molar-refractivity contribution in [3.8, 4) is 0 Å². The lowest BCUT2D eigenvalue weighted by Gasteiger charge is -2.16. The van der Waals surface area contributed by atoms with Crippen LogP contribution in [-0.4, -0.2) is 7.05 Å². The number of hydrogen-bond acceptors (Lipinski definition) is 1. The molecule has 0 fully saturated rings. The molecule has 0 spiro atoms. The van der Waals surface area contributed by atoms with Crippen molar-refractivity contribution in [3.05, 3.63) is 35.4 Å². The van der Waals surface area contributed by atoms with Crippen molar-refractivity contribution >= 4 is 0 Å². The molecule has 0 aliphatic heterocycles. The Kier molecular flexibility index (Phi) is 5.54. The van der Waals surface area contributed by atoms with Crippen molar-refractivity contribution in [1.29, 1.82) is 0 Å². The lowest BCUT2D eigenvalue weighted by molar-refractivity contribution is 0.541. The fourth-order valence-electron chi connectivity index (χ4n) is 2.12. The Hall–Kier alpha value is -0.820. The van der Waals surface area contributed by atoms with Gasteiger partial charge in [0.15, 0.2) is 0 Å². The maximum atomic E-state index is 3.38. The van der Waals surface area contributed by atoms with Crippen molar-refractivity contribution in [2.24, 2.45) is 5.92 Å². The zero-order chi connectivity index (χ0) is 12.0. The van der Waals surface area contributed by atoms with Gasteiger partial charge in [0, 0.05) is 6.04 Å². The average Bonchev–Trinajstić information content (AvgIpc) is 2.26. The quantitative estimate of drug-likeness (QED) is 0.764. The molecule has 1 unspecified atom stereocenters. The maximum Gasteiger partial charge on any atom is 0.0317 e. The Bertz CT molecular complexity index is 287. The van der Waals surface area contributed by atoms with Gasteiger partial charge in [-0.15, -0.1) is 0 Å². The van der Waals surface area contributed by atoms with Crippen molar-refractivity contribution in [2.45, 2.75) is 46.1 Å². The minimum absolute atomic E-state index is 0.512. The minimum atomic E-state index is 0.512. The summed E-state index contributed by atoms with van der Waals surface area (Å²) in [5.74, 6) is 0.738. The number of hydrogen-bond donors (Lipinski definition) is 1. The van der Waals surface area contributed by atoms with Gasteiger partial charge in [0.2, 0.25) is 0 Å². The molecule has 1 heteroatoms. The zero-order valence-corrected chi connectivity index (χ0v) is 11.1. The van der Waals surface area contributed by atoms with Gasteiger partial charge in [-0.25, -0.2) is 0 Å². The van der Waals surface area contributed by atoms with Crippen LogP contribution in [0.1, 0.15) is 50.8 Å². The topological polar surface area (TPSA) is 12.0 Å². The molecule has 0 heterocycles. The highest BCUT2D eigenvalue weighted by Crippen LogP contribution is 2.19. The van der Waals surface area contributed by atoms with E-state index < -0.39 is 0 Å². The maximum absolute atomic E-state index is 3.38. The highest BCUT2D eigenvalue weighted by atomic mass is 14.9. The summed E-state index contributed by atoms with van der Waals surface area (Å²) >= 11 is 0. The molecule has 16 heavy (non-hydrogen) atoms. The van der Waals surface area contributed by atoms with Crippen molar-refractivity contribution < 1.29 is 0 Å². The van der Waals surface area contributed by atoms with Crippen molar-refractivity contribution in [3.63, 3.8) is 0 Å². The molecule has 1 N–H and O–H groups in total. The van der Waals surface area contributed by atoms with Gasteiger partial charge in [-0.05, 0) is 36.9 Å². The van der Waals surface area contributed by atoms with Crippen LogP contribution in [0.25, 0.3) is 0 Å². The van der Waals surface area contributed by atoms with E-state index in [-0.39, 0.29) is 0 Å². The monoisotopic (exact) mass is 219 g/mol. The predicted octanol–water partition coefficient (Wildman–Crippen LogP) is 3.95. The molecule has 0 aliphatic carbocycles. The molecule has 1 nitrogen and oxygen atoms in total. The molecule has 90 valence electrons. The summed E-state index contributed by atoms with van der Waals surface area (Å²) < 4.78 is 0. The van der Waals surface area contributed by atoms with Gasteiger partial charge in [0.25, 0.3) is 0 Å². The number of rotatable bonds is 6. The van der Waals surface area contributed by atoms with E-state index in [1.165, 1.54) is 30.4 Å². The van der Waals surface area contributed by atoms with Crippen molar-refractivity contribution in [2.75, 3.05) is 7.05 Å². The highest BCUT2D eigenvalue weighted by molar-refractivity contribution is 5.25. The van der Waals surface area contributed by atoms with Gasteiger partial charge >= 0.3 is 0 Å². The largest absolute Gasteiger partial charge is 0.313 e. The van der Waals surface area contributed by atoms with Crippen LogP contribution in [0.15, 0.2) is 24.3 Å². The van der Waals surface area contributed by atoms with Crippen LogP contribution in [0.2, 0.25) is 0 Å². The van der Waals surface area contributed by atoms with Crippen LogP contribution < -0.4 is 5.32 Å².